The van der Waals surface area contributed by atoms with Gasteiger partial charge in [-0.05, 0) is 48.0 Å². The molecular formula is C18H19BrN4O6. The van der Waals surface area contributed by atoms with Crippen molar-refractivity contribution in [3.63, 3.8) is 0 Å². The van der Waals surface area contributed by atoms with Gasteiger partial charge in [0.15, 0.2) is 18.1 Å². The van der Waals surface area contributed by atoms with E-state index in [0.717, 1.165) is 0 Å². The highest BCUT2D eigenvalue weighted by atomic mass is 79.9. The molecule has 0 atom stereocenters. The molecule has 0 saturated carbocycles. The van der Waals surface area contributed by atoms with Crippen LogP contribution in [0.3, 0.4) is 0 Å². The Morgan fingerprint density at radius 2 is 2.07 bits per heavy atom. The predicted molar refractivity (Wildman–Crippen MR) is 110 cm³/mol. The summed E-state index contributed by atoms with van der Waals surface area (Å²) in [4.78, 5) is 25.9. The number of nitrogens with zero attached hydrogens (tertiary/aromatic N) is 3. The molecule has 0 aliphatic carbocycles. The maximum absolute atomic E-state index is 11.5. The van der Waals surface area contributed by atoms with Gasteiger partial charge in [0.1, 0.15) is 0 Å². The molecule has 0 fully saturated rings. The fourth-order valence-electron chi connectivity index (χ4n) is 2.16. The van der Waals surface area contributed by atoms with Crippen molar-refractivity contribution in [1.29, 1.82) is 0 Å². The van der Waals surface area contributed by atoms with E-state index in [2.05, 4.69) is 31.4 Å². The third-order valence-electron chi connectivity index (χ3n) is 3.37. The van der Waals surface area contributed by atoms with Crippen LogP contribution in [0.25, 0.3) is 0 Å². The molecule has 0 aliphatic rings. The molecule has 1 aromatic heterocycles. The number of anilines is 1. The molecule has 2 aromatic rings. The highest BCUT2D eigenvalue weighted by Gasteiger charge is 2.14. The molecule has 0 radical (unpaired) electrons. The number of hydrazone groups is 1. The number of halogens is 1. The molecule has 0 saturated heterocycles. The maximum atomic E-state index is 11.5. The van der Waals surface area contributed by atoms with Crippen molar-refractivity contribution in [1.82, 2.24) is 4.98 Å². The second-order valence-electron chi connectivity index (χ2n) is 5.35. The monoisotopic (exact) mass is 466 g/mol. The van der Waals surface area contributed by atoms with Crippen molar-refractivity contribution in [3.05, 3.63) is 50.6 Å². The number of hydrogen-bond donors (Lipinski definition) is 1. The van der Waals surface area contributed by atoms with E-state index in [4.69, 9.17) is 14.2 Å². The molecule has 1 N–H and O–H groups in total. The molecule has 29 heavy (non-hydrogen) atoms. The third kappa shape index (κ3) is 6.42. The zero-order chi connectivity index (χ0) is 21.2. The summed E-state index contributed by atoms with van der Waals surface area (Å²) in [6.45, 7) is 3.92. The molecule has 2 rings (SSSR count). The van der Waals surface area contributed by atoms with Gasteiger partial charge in [0, 0.05) is 22.3 Å². The van der Waals surface area contributed by atoms with Gasteiger partial charge in [0.25, 0.3) is 0 Å². The standard InChI is InChI=1S/C18H19BrN4O6/c1-3-27-15-8-12(13(19)9-16(15)29-11-17(24)28-4-2)10-21-22-18-14(23(25)26)6-5-7-20-18/h5-10H,3-4,11H2,1-2H3,(H,20,22)/b21-10-. The van der Waals surface area contributed by atoms with Crippen LogP contribution in [-0.2, 0) is 9.53 Å². The van der Waals surface area contributed by atoms with Gasteiger partial charge in [-0.25, -0.2) is 9.78 Å². The van der Waals surface area contributed by atoms with Gasteiger partial charge >= 0.3 is 11.7 Å². The lowest BCUT2D eigenvalue weighted by Crippen LogP contribution is -2.15. The minimum Gasteiger partial charge on any atom is -0.490 e. The first-order valence-electron chi connectivity index (χ1n) is 8.59. The summed E-state index contributed by atoms with van der Waals surface area (Å²) < 4.78 is 16.5. The summed E-state index contributed by atoms with van der Waals surface area (Å²) in [5.41, 5.74) is 2.97. The number of nitrogens with one attached hydrogen (secondary N) is 1. The van der Waals surface area contributed by atoms with Crippen LogP contribution in [0.1, 0.15) is 19.4 Å². The third-order valence-corrected chi connectivity index (χ3v) is 4.06. The summed E-state index contributed by atoms with van der Waals surface area (Å²) in [7, 11) is 0. The molecule has 1 aromatic carbocycles. The Hall–Kier alpha value is -3.21. The van der Waals surface area contributed by atoms with Crippen LogP contribution in [0, 0.1) is 10.1 Å². The topological polar surface area (TPSA) is 125 Å². The normalized spacial score (nSPS) is 10.6. The maximum Gasteiger partial charge on any atom is 0.344 e. The van der Waals surface area contributed by atoms with Crippen molar-refractivity contribution in [3.8, 4) is 11.5 Å². The van der Waals surface area contributed by atoms with Crippen LogP contribution in [0.4, 0.5) is 11.5 Å². The summed E-state index contributed by atoms with van der Waals surface area (Å²) in [5.74, 6) is 0.296. The molecule has 0 aliphatic heterocycles. The van der Waals surface area contributed by atoms with E-state index in [1.165, 1.54) is 24.5 Å². The van der Waals surface area contributed by atoms with Gasteiger partial charge in [-0.3, -0.25) is 15.5 Å². The van der Waals surface area contributed by atoms with Gasteiger partial charge in [0.05, 0.1) is 24.4 Å². The lowest BCUT2D eigenvalue weighted by molar-refractivity contribution is -0.384. The number of carbonyl (C=O) groups is 1. The largest absolute Gasteiger partial charge is 0.490 e. The van der Waals surface area contributed by atoms with Crippen LogP contribution in [0.5, 0.6) is 11.5 Å². The van der Waals surface area contributed by atoms with Crippen molar-refractivity contribution < 1.29 is 23.9 Å². The fourth-order valence-corrected chi connectivity index (χ4v) is 2.59. The number of benzene rings is 1. The van der Waals surface area contributed by atoms with Crippen molar-refractivity contribution in [2.75, 3.05) is 25.2 Å². The lowest BCUT2D eigenvalue weighted by atomic mass is 10.2. The zero-order valence-electron chi connectivity index (χ0n) is 15.8. The second kappa shape index (κ2) is 11.0. The summed E-state index contributed by atoms with van der Waals surface area (Å²) in [6, 6.07) is 6.08. The first-order valence-corrected chi connectivity index (χ1v) is 9.38. The van der Waals surface area contributed by atoms with E-state index < -0.39 is 10.9 Å². The Bertz CT molecular complexity index is 906. The summed E-state index contributed by atoms with van der Waals surface area (Å²) >= 11 is 3.40. The first kappa shape index (κ1) is 22.1. The molecule has 0 unspecified atom stereocenters. The summed E-state index contributed by atoms with van der Waals surface area (Å²) in [6.07, 6.45) is 2.86. The Kier molecular flexibility index (Phi) is 8.34. The van der Waals surface area contributed by atoms with Crippen LogP contribution in [0.2, 0.25) is 0 Å². The SMILES string of the molecule is CCOC(=O)COc1cc(Br)c(/C=N\Nc2ncccc2[N+](=O)[O-])cc1OCC. The predicted octanol–water partition coefficient (Wildman–Crippen LogP) is 3.54. The Labute approximate surface area is 175 Å². The van der Waals surface area contributed by atoms with E-state index in [0.29, 0.717) is 28.1 Å². The minimum absolute atomic E-state index is 0.0179. The van der Waals surface area contributed by atoms with E-state index in [9.17, 15) is 14.9 Å². The fraction of sp³-hybridized carbons (Fsp3) is 0.278. The van der Waals surface area contributed by atoms with E-state index in [-0.39, 0.29) is 24.7 Å². The van der Waals surface area contributed by atoms with Crippen LogP contribution in [0.15, 0.2) is 40.0 Å². The average molecular weight is 467 g/mol. The van der Waals surface area contributed by atoms with Gasteiger partial charge in [0.2, 0.25) is 5.82 Å². The second-order valence-corrected chi connectivity index (χ2v) is 6.20. The number of pyridine rings is 1. The molecule has 0 amide bonds. The minimum atomic E-state index is -0.552. The number of ether oxygens (including phenoxy) is 3. The molecule has 0 spiro atoms. The number of rotatable bonds is 10. The van der Waals surface area contributed by atoms with Crippen molar-refractivity contribution in [2.45, 2.75) is 13.8 Å². The van der Waals surface area contributed by atoms with Gasteiger partial charge in [-0.1, -0.05) is 0 Å². The van der Waals surface area contributed by atoms with Crippen molar-refractivity contribution >= 4 is 39.6 Å². The molecule has 1 heterocycles. The van der Waals surface area contributed by atoms with Crippen molar-refractivity contribution in [2.24, 2.45) is 5.10 Å². The molecule has 154 valence electrons. The Balaban J connectivity index is 2.18. The van der Waals surface area contributed by atoms with Crippen LogP contribution in [-0.4, -0.2) is 41.9 Å². The van der Waals surface area contributed by atoms with Crippen LogP contribution < -0.4 is 14.9 Å². The molecule has 0 bridgehead atoms. The summed E-state index contributed by atoms with van der Waals surface area (Å²) in [5, 5.41) is 15.0. The van der Waals surface area contributed by atoms with E-state index in [1.807, 2.05) is 6.92 Å². The lowest BCUT2D eigenvalue weighted by Gasteiger charge is -2.13. The van der Waals surface area contributed by atoms with Gasteiger partial charge < -0.3 is 14.2 Å². The van der Waals surface area contributed by atoms with Gasteiger partial charge in [-0.15, -0.1) is 0 Å². The number of hydrogen-bond acceptors (Lipinski definition) is 9. The Morgan fingerprint density at radius 1 is 1.31 bits per heavy atom. The van der Waals surface area contributed by atoms with Crippen LogP contribution >= 0.6 is 15.9 Å². The smallest absolute Gasteiger partial charge is 0.344 e. The molecular weight excluding hydrogens is 448 g/mol. The zero-order valence-corrected chi connectivity index (χ0v) is 17.3. The van der Waals surface area contributed by atoms with Gasteiger partial charge in [-0.2, -0.15) is 5.10 Å². The average Bonchev–Trinajstić information content (AvgIpc) is 2.69. The number of carbonyl (C=O) groups excluding carboxylic acids is 1. The quantitative estimate of drug-likeness (QED) is 0.244. The molecule has 11 heteroatoms. The van der Waals surface area contributed by atoms with E-state index in [1.54, 1.807) is 19.1 Å². The Morgan fingerprint density at radius 3 is 2.76 bits per heavy atom. The van der Waals surface area contributed by atoms with E-state index >= 15 is 0 Å². The highest BCUT2D eigenvalue weighted by molar-refractivity contribution is 9.10. The molecule has 10 nitrogen and oxygen atoms in total. The number of nitro groups is 1. The first-order chi connectivity index (χ1) is 14.0. The highest BCUT2D eigenvalue weighted by Crippen LogP contribution is 2.33. The number of aromatic nitrogens is 1. The number of esters is 1.